The monoisotopic (exact) mass is 341 g/mol. The third-order valence-electron chi connectivity index (χ3n) is 3.56. The summed E-state index contributed by atoms with van der Waals surface area (Å²) in [6, 6.07) is 14.9. The summed E-state index contributed by atoms with van der Waals surface area (Å²) in [5.74, 6) is -0.231. The molecule has 0 aliphatic carbocycles. The summed E-state index contributed by atoms with van der Waals surface area (Å²) in [6.07, 6.45) is 0.112. The summed E-state index contributed by atoms with van der Waals surface area (Å²) in [6.45, 7) is 4.78. The van der Waals surface area contributed by atoms with Crippen molar-refractivity contribution in [1.82, 2.24) is 5.32 Å². The number of rotatable bonds is 8. The Morgan fingerprint density at radius 3 is 2.24 bits per heavy atom. The smallest absolute Gasteiger partial charge is 0.330 e. The standard InChI is InChI=1S/C20H23NO4/c1-14(2)13-25-17-10-8-15(9-11-17)12-18(22)21-19(20(23)24)16-6-4-3-5-7-16/h3-11,14,19H,12-13H2,1-2H3,(H,21,22)(H,23,24). The molecule has 1 unspecified atom stereocenters. The zero-order valence-corrected chi connectivity index (χ0v) is 14.4. The van der Waals surface area contributed by atoms with Gasteiger partial charge in [-0.15, -0.1) is 0 Å². The van der Waals surface area contributed by atoms with Gasteiger partial charge in [-0.25, -0.2) is 4.79 Å². The van der Waals surface area contributed by atoms with Crippen molar-refractivity contribution in [1.29, 1.82) is 0 Å². The number of hydrogen-bond acceptors (Lipinski definition) is 3. The Hall–Kier alpha value is -2.82. The van der Waals surface area contributed by atoms with Crippen molar-refractivity contribution in [2.75, 3.05) is 6.61 Å². The minimum Gasteiger partial charge on any atom is -0.493 e. The SMILES string of the molecule is CC(C)COc1ccc(CC(=O)NC(C(=O)O)c2ccccc2)cc1. The Labute approximate surface area is 147 Å². The average Bonchev–Trinajstić information content (AvgIpc) is 2.59. The van der Waals surface area contributed by atoms with Gasteiger partial charge in [0.2, 0.25) is 5.91 Å². The highest BCUT2D eigenvalue weighted by Crippen LogP contribution is 2.15. The van der Waals surface area contributed by atoms with E-state index >= 15 is 0 Å². The van der Waals surface area contributed by atoms with E-state index in [0.717, 1.165) is 11.3 Å². The predicted molar refractivity (Wildman–Crippen MR) is 95.4 cm³/mol. The van der Waals surface area contributed by atoms with Crippen LogP contribution in [-0.4, -0.2) is 23.6 Å². The molecule has 0 aliphatic heterocycles. The van der Waals surface area contributed by atoms with Crippen LogP contribution in [0.15, 0.2) is 54.6 Å². The molecular weight excluding hydrogens is 318 g/mol. The van der Waals surface area contributed by atoms with Gasteiger partial charge < -0.3 is 15.2 Å². The number of carboxylic acids is 1. The normalized spacial score (nSPS) is 11.8. The van der Waals surface area contributed by atoms with E-state index in [-0.39, 0.29) is 12.3 Å². The minimum absolute atomic E-state index is 0.112. The average molecular weight is 341 g/mol. The molecule has 2 aromatic rings. The zero-order valence-electron chi connectivity index (χ0n) is 14.4. The number of benzene rings is 2. The van der Waals surface area contributed by atoms with Gasteiger partial charge in [-0.1, -0.05) is 56.3 Å². The summed E-state index contributed by atoms with van der Waals surface area (Å²) < 4.78 is 5.60. The van der Waals surface area contributed by atoms with Gasteiger partial charge in [0.1, 0.15) is 5.75 Å². The molecule has 25 heavy (non-hydrogen) atoms. The van der Waals surface area contributed by atoms with Crippen LogP contribution < -0.4 is 10.1 Å². The van der Waals surface area contributed by atoms with Crippen LogP contribution in [0.4, 0.5) is 0 Å². The van der Waals surface area contributed by atoms with Crippen LogP contribution in [0.1, 0.15) is 31.0 Å². The molecule has 0 fully saturated rings. The third-order valence-corrected chi connectivity index (χ3v) is 3.56. The van der Waals surface area contributed by atoms with E-state index in [1.807, 2.05) is 24.3 Å². The number of carboxylic acid groups (broad SMARTS) is 1. The van der Waals surface area contributed by atoms with Crippen LogP contribution in [0.25, 0.3) is 0 Å². The lowest BCUT2D eigenvalue weighted by molar-refractivity contribution is -0.141. The molecule has 0 aromatic heterocycles. The first-order chi connectivity index (χ1) is 12.0. The molecule has 0 saturated carbocycles. The van der Waals surface area contributed by atoms with E-state index in [0.29, 0.717) is 18.1 Å². The fourth-order valence-electron chi connectivity index (χ4n) is 2.30. The van der Waals surface area contributed by atoms with E-state index in [9.17, 15) is 14.7 Å². The second kappa shape index (κ2) is 8.87. The van der Waals surface area contributed by atoms with Gasteiger partial charge in [0.05, 0.1) is 13.0 Å². The Bertz CT molecular complexity index is 695. The molecule has 0 radical (unpaired) electrons. The topological polar surface area (TPSA) is 75.6 Å². The lowest BCUT2D eigenvalue weighted by Crippen LogP contribution is -2.34. The maximum Gasteiger partial charge on any atom is 0.330 e. The first kappa shape index (κ1) is 18.5. The molecule has 5 heteroatoms. The number of aliphatic carboxylic acids is 1. The van der Waals surface area contributed by atoms with Gasteiger partial charge in [0.15, 0.2) is 6.04 Å². The molecule has 1 atom stereocenters. The Balaban J connectivity index is 1.95. The quantitative estimate of drug-likeness (QED) is 0.773. The van der Waals surface area contributed by atoms with Crippen molar-refractivity contribution in [2.45, 2.75) is 26.3 Å². The molecule has 2 rings (SSSR count). The maximum atomic E-state index is 12.2. The van der Waals surface area contributed by atoms with Gasteiger partial charge in [-0.2, -0.15) is 0 Å². The van der Waals surface area contributed by atoms with Crippen LogP contribution in [0.5, 0.6) is 5.75 Å². The largest absolute Gasteiger partial charge is 0.493 e. The second-order valence-corrected chi connectivity index (χ2v) is 6.28. The molecule has 0 bridgehead atoms. The lowest BCUT2D eigenvalue weighted by atomic mass is 10.1. The molecule has 1 amide bonds. The van der Waals surface area contributed by atoms with Crippen LogP contribution in [0.2, 0.25) is 0 Å². The molecule has 2 N–H and O–H groups in total. The van der Waals surface area contributed by atoms with Gasteiger partial charge in [-0.3, -0.25) is 4.79 Å². The number of carbonyl (C=O) groups excluding carboxylic acids is 1. The highest BCUT2D eigenvalue weighted by molar-refractivity contribution is 5.85. The van der Waals surface area contributed by atoms with E-state index in [2.05, 4.69) is 19.2 Å². The van der Waals surface area contributed by atoms with Crippen molar-refractivity contribution >= 4 is 11.9 Å². The highest BCUT2D eigenvalue weighted by atomic mass is 16.5. The number of ether oxygens (including phenoxy) is 1. The first-order valence-electron chi connectivity index (χ1n) is 8.24. The molecule has 2 aromatic carbocycles. The lowest BCUT2D eigenvalue weighted by Gasteiger charge is -2.15. The number of hydrogen-bond donors (Lipinski definition) is 2. The number of nitrogens with one attached hydrogen (secondary N) is 1. The Morgan fingerprint density at radius 2 is 1.68 bits per heavy atom. The van der Waals surface area contributed by atoms with Crippen molar-refractivity contribution in [3.05, 3.63) is 65.7 Å². The molecule has 5 nitrogen and oxygen atoms in total. The highest BCUT2D eigenvalue weighted by Gasteiger charge is 2.21. The summed E-state index contributed by atoms with van der Waals surface area (Å²) in [5.41, 5.74) is 1.34. The van der Waals surface area contributed by atoms with E-state index in [1.54, 1.807) is 30.3 Å². The maximum absolute atomic E-state index is 12.2. The third kappa shape index (κ3) is 5.95. The molecule has 0 spiro atoms. The number of amides is 1. The fourth-order valence-corrected chi connectivity index (χ4v) is 2.30. The summed E-state index contributed by atoms with van der Waals surface area (Å²) in [4.78, 5) is 23.6. The first-order valence-corrected chi connectivity index (χ1v) is 8.24. The number of carbonyl (C=O) groups is 2. The zero-order chi connectivity index (χ0) is 18.2. The molecular formula is C20H23NO4. The van der Waals surface area contributed by atoms with Gasteiger partial charge in [0, 0.05) is 0 Å². The van der Waals surface area contributed by atoms with Crippen molar-refractivity contribution in [3.8, 4) is 5.75 Å². The van der Waals surface area contributed by atoms with Gasteiger partial charge in [-0.05, 0) is 29.2 Å². The molecule has 0 saturated heterocycles. The summed E-state index contributed by atoms with van der Waals surface area (Å²) >= 11 is 0. The Kier molecular flexibility index (Phi) is 6.57. The predicted octanol–water partition coefficient (Wildman–Crippen LogP) is 3.21. The van der Waals surface area contributed by atoms with Crippen molar-refractivity contribution in [3.63, 3.8) is 0 Å². The van der Waals surface area contributed by atoms with E-state index < -0.39 is 12.0 Å². The molecule has 0 heterocycles. The summed E-state index contributed by atoms with van der Waals surface area (Å²) in [7, 11) is 0. The van der Waals surface area contributed by atoms with E-state index in [4.69, 9.17) is 4.74 Å². The van der Waals surface area contributed by atoms with Crippen LogP contribution >= 0.6 is 0 Å². The molecule has 132 valence electrons. The van der Waals surface area contributed by atoms with E-state index in [1.165, 1.54) is 0 Å². The van der Waals surface area contributed by atoms with Crippen molar-refractivity contribution < 1.29 is 19.4 Å². The van der Waals surface area contributed by atoms with Crippen LogP contribution in [0.3, 0.4) is 0 Å². The van der Waals surface area contributed by atoms with Crippen LogP contribution in [-0.2, 0) is 16.0 Å². The van der Waals surface area contributed by atoms with Crippen LogP contribution in [0, 0.1) is 5.92 Å². The Morgan fingerprint density at radius 1 is 1.04 bits per heavy atom. The summed E-state index contributed by atoms with van der Waals surface area (Å²) in [5, 5.41) is 11.9. The van der Waals surface area contributed by atoms with Gasteiger partial charge in [0.25, 0.3) is 0 Å². The van der Waals surface area contributed by atoms with Crippen molar-refractivity contribution in [2.24, 2.45) is 5.92 Å². The second-order valence-electron chi connectivity index (χ2n) is 6.28. The fraction of sp³-hybridized carbons (Fsp3) is 0.300. The van der Waals surface area contributed by atoms with Gasteiger partial charge >= 0.3 is 5.97 Å². The molecule has 0 aliphatic rings. The minimum atomic E-state index is -1.09.